The van der Waals surface area contributed by atoms with E-state index in [1.807, 2.05) is 24.3 Å². The largest absolute Gasteiger partial charge is 0.486 e. The van der Waals surface area contributed by atoms with Crippen LogP contribution in [0.15, 0.2) is 24.3 Å². The molecule has 118 valence electrons. The van der Waals surface area contributed by atoms with Gasteiger partial charge in [0.2, 0.25) is 11.8 Å². The van der Waals surface area contributed by atoms with Crippen molar-refractivity contribution in [2.24, 2.45) is 5.92 Å². The second-order valence-electron chi connectivity index (χ2n) is 5.89. The lowest BCUT2D eigenvalue weighted by molar-refractivity contribution is -0.135. The number of ether oxygens (including phenoxy) is 2. The van der Waals surface area contributed by atoms with Crippen molar-refractivity contribution < 1.29 is 19.1 Å². The zero-order valence-corrected chi connectivity index (χ0v) is 12.8. The van der Waals surface area contributed by atoms with Crippen molar-refractivity contribution in [1.82, 2.24) is 9.80 Å². The van der Waals surface area contributed by atoms with Crippen LogP contribution in [0.3, 0.4) is 0 Å². The second-order valence-corrected chi connectivity index (χ2v) is 5.89. The van der Waals surface area contributed by atoms with Gasteiger partial charge in [-0.1, -0.05) is 12.1 Å². The first-order valence-corrected chi connectivity index (χ1v) is 7.42. The Hall–Kier alpha value is -2.24. The number of benzene rings is 1. The summed E-state index contributed by atoms with van der Waals surface area (Å²) in [4.78, 5) is 27.2. The maximum atomic E-state index is 12.4. The molecule has 1 aromatic carbocycles. The summed E-state index contributed by atoms with van der Waals surface area (Å²) in [7, 11) is 3.47. The molecule has 0 aromatic heterocycles. The quantitative estimate of drug-likeness (QED) is 0.827. The predicted molar refractivity (Wildman–Crippen MR) is 79.7 cm³/mol. The summed E-state index contributed by atoms with van der Waals surface area (Å²) < 4.78 is 11.5. The van der Waals surface area contributed by atoms with Gasteiger partial charge >= 0.3 is 0 Å². The Kier molecular flexibility index (Phi) is 3.92. The molecule has 0 N–H and O–H groups in total. The van der Waals surface area contributed by atoms with E-state index >= 15 is 0 Å². The highest BCUT2D eigenvalue weighted by atomic mass is 16.6. The van der Waals surface area contributed by atoms with Crippen LogP contribution < -0.4 is 9.47 Å². The van der Waals surface area contributed by atoms with Gasteiger partial charge in [-0.25, -0.2) is 0 Å². The molecule has 2 heterocycles. The molecule has 22 heavy (non-hydrogen) atoms. The third kappa shape index (κ3) is 2.86. The number of rotatable bonds is 3. The van der Waals surface area contributed by atoms with Crippen LogP contribution in [0, 0.1) is 5.92 Å². The van der Waals surface area contributed by atoms with E-state index in [4.69, 9.17) is 9.47 Å². The fraction of sp³-hybridized carbons (Fsp3) is 0.500. The van der Waals surface area contributed by atoms with Crippen LogP contribution in [0.2, 0.25) is 0 Å². The molecule has 0 radical (unpaired) electrons. The number of para-hydroxylation sites is 2. The number of carbonyl (C=O) groups is 2. The number of amides is 2. The van der Waals surface area contributed by atoms with Crippen LogP contribution in [-0.4, -0.2) is 61.5 Å². The fourth-order valence-electron chi connectivity index (χ4n) is 2.89. The van der Waals surface area contributed by atoms with Gasteiger partial charge in [-0.05, 0) is 12.1 Å². The molecule has 0 saturated carbocycles. The molecule has 2 atom stereocenters. The molecule has 0 spiro atoms. The zero-order chi connectivity index (χ0) is 15.7. The number of hydrogen-bond acceptors (Lipinski definition) is 4. The number of hydrogen-bond donors (Lipinski definition) is 0. The number of carbonyl (C=O) groups excluding carboxylic acids is 2. The normalized spacial score (nSPS) is 23.5. The Labute approximate surface area is 129 Å². The molecular formula is C16H20N2O4. The van der Waals surface area contributed by atoms with Crippen molar-refractivity contribution >= 4 is 11.8 Å². The monoisotopic (exact) mass is 304 g/mol. The fourth-order valence-corrected chi connectivity index (χ4v) is 2.89. The van der Waals surface area contributed by atoms with Gasteiger partial charge in [0.05, 0.1) is 12.5 Å². The minimum absolute atomic E-state index is 0.0137. The zero-order valence-electron chi connectivity index (χ0n) is 12.8. The lowest BCUT2D eigenvalue weighted by atomic mass is 10.1. The van der Waals surface area contributed by atoms with Gasteiger partial charge in [0.15, 0.2) is 17.6 Å². The van der Waals surface area contributed by atoms with E-state index in [9.17, 15) is 9.59 Å². The molecule has 1 aromatic rings. The molecule has 0 bridgehead atoms. The summed E-state index contributed by atoms with van der Waals surface area (Å²) in [5.74, 6) is 1.20. The van der Waals surface area contributed by atoms with Gasteiger partial charge in [-0.3, -0.25) is 9.59 Å². The van der Waals surface area contributed by atoms with E-state index in [0.717, 1.165) is 5.75 Å². The molecule has 2 aliphatic heterocycles. The third-order valence-electron chi connectivity index (χ3n) is 4.11. The van der Waals surface area contributed by atoms with Crippen molar-refractivity contribution in [3.63, 3.8) is 0 Å². The lowest BCUT2D eigenvalue weighted by Gasteiger charge is -2.30. The van der Waals surface area contributed by atoms with Crippen molar-refractivity contribution in [2.75, 3.05) is 33.8 Å². The van der Waals surface area contributed by atoms with Gasteiger partial charge in [-0.2, -0.15) is 0 Å². The van der Waals surface area contributed by atoms with Crippen molar-refractivity contribution in [1.29, 1.82) is 0 Å². The van der Waals surface area contributed by atoms with E-state index in [0.29, 0.717) is 31.9 Å². The molecular weight excluding hydrogens is 284 g/mol. The Morgan fingerprint density at radius 3 is 2.77 bits per heavy atom. The van der Waals surface area contributed by atoms with E-state index in [2.05, 4.69) is 0 Å². The summed E-state index contributed by atoms with van der Waals surface area (Å²) in [6.45, 7) is 1.35. The SMILES string of the molecule is CN1C[C@@H](C(=O)N(C)C[C@@H]2COc3ccccc3O2)CC1=O. The maximum absolute atomic E-state index is 12.4. The Bertz CT molecular complexity index is 589. The molecule has 1 saturated heterocycles. The molecule has 1 fully saturated rings. The maximum Gasteiger partial charge on any atom is 0.227 e. The lowest BCUT2D eigenvalue weighted by Crippen LogP contribution is -2.44. The summed E-state index contributed by atoms with van der Waals surface area (Å²) in [6, 6.07) is 7.50. The molecule has 0 aliphatic carbocycles. The molecule has 2 aliphatic rings. The van der Waals surface area contributed by atoms with Gasteiger partial charge in [-0.15, -0.1) is 0 Å². The van der Waals surface area contributed by atoms with Gasteiger partial charge in [0.25, 0.3) is 0 Å². The van der Waals surface area contributed by atoms with E-state index in [1.165, 1.54) is 0 Å². The van der Waals surface area contributed by atoms with Crippen molar-refractivity contribution in [3.8, 4) is 11.5 Å². The molecule has 6 nitrogen and oxygen atoms in total. The van der Waals surface area contributed by atoms with Gasteiger partial charge < -0.3 is 19.3 Å². The highest BCUT2D eigenvalue weighted by Gasteiger charge is 2.34. The van der Waals surface area contributed by atoms with Crippen molar-refractivity contribution in [3.05, 3.63) is 24.3 Å². The first-order valence-electron chi connectivity index (χ1n) is 7.42. The molecule has 6 heteroatoms. The molecule has 0 unspecified atom stereocenters. The number of nitrogens with zero attached hydrogens (tertiary/aromatic N) is 2. The van der Waals surface area contributed by atoms with Crippen LogP contribution >= 0.6 is 0 Å². The van der Waals surface area contributed by atoms with Crippen molar-refractivity contribution in [2.45, 2.75) is 12.5 Å². The Morgan fingerprint density at radius 2 is 2.09 bits per heavy atom. The van der Waals surface area contributed by atoms with E-state index in [-0.39, 0.29) is 23.8 Å². The van der Waals surface area contributed by atoms with Gasteiger partial charge in [0.1, 0.15) is 6.61 Å². The number of likely N-dealkylation sites (tertiary alicyclic amines) is 1. The van der Waals surface area contributed by atoms with Crippen LogP contribution in [0.5, 0.6) is 11.5 Å². The first kappa shape index (κ1) is 14.7. The minimum Gasteiger partial charge on any atom is -0.486 e. The summed E-state index contributed by atoms with van der Waals surface area (Å²) >= 11 is 0. The van der Waals surface area contributed by atoms with Crippen LogP contribution in [-0.2, 0) is 9.59 Å². The highest BCUT2D eigenvalue weighted by molar-refractivity contribution is 5.89. The van der Waals surface area contributed by atoms with E-state index in [1.54, 1.807) is 23.9 Å². The van der Waals surface area contributed by atoms with Crippen LogP contribution in [0.1, 0.15) is 6.42 Å². The minimum atomic E-state index is -0.251. The van der Waals surface area contributed by atoms with Crippen LogP contribution in [0.4, 0.5) is 0 Å². The smallest absolute Gasteiger partial charge is 0.227 e. The average Bonchev–Trinajstić information content (AvgIpc) is 2.85. The third-order valence-corrected chi connectivity index (χ3v) is 4.11. The highest BCUT2D eigenvalue weighted by Crippen LogP contribution is 2.31. The van der Waals surface area contributed by atoms with E-state index < -0.39 is 0 Å². The van der Waals surface area contributed by atoms with Crippen LogP contribution in [0.25, 0.3) is 0 Å². The summed E-state index contributed by atoms with van der Waals surface area (Å²) in [5, 5.41) is 0. The molecule has 3 rings (SSSR count). The summed E-state index contributed by atoms with van der Waals surface area (Å²) in [5.41, 5.74) is 0. The Morgan fingerprint density at radius 1 is 1.36 bits per heavy atom. The standard InChI is InChI=1S/C16H20N2O4/c1-17-8-11(7-15(17)19)16(20)18(2)9-12-10-21-13-5-3-4-6-14(13)22-12/h3-6,11-12H,7-10H2,1-2H3/t11-,12+/m0/s1. The second kappa shape index (κ2) is 5.87. The van der Waals surface area contributed by atoms with Gasteiger partial charge in [0, 0.05) is 27.1 Å². The number of likely N-dealkylation sites (N-methyl/N-ethyl adjacent to an activating group) is 1. The Balaban J connectivity index is 1.57. The summed E-state index contributed by atoms with van der Waals surface area (Å²) in [6.07, 6.45) is 0.100. The predicted octanol–water partition coefficient (Wildman–Crippen LogP) is 0.763. The molecule has 2 amide bonds. The first-order chi connectivity index (χ1) is 10.5. The average molecular weight is 304 g/mol. The topological polar surface area (TPSA) is 59.1 Å². The number of fused-ring (bicyclic) bond motifs is 1.